The van der Waals surface area contributed by atoms with E-state index >= 15 is 0 Å². The van der Waals surface area contributed by atoms with E-state index < -0.39 is 17.8 Å². The number of carbonyl (C=O) groups excluding carboxylic acids is 4. The van der Waals surface area contributed by atoms with Crippen molar-refractivity contribution in [2.45, 2.75) is 20.0 Å². The topological polar surface area (TPSA) is 114 Å². The van der Waals surface area contributed by atoms with Gasteiger partial charge in [-0.1, -0.05) is 17.7 Å². The molecule has 0 radical (unpaired) electrons. The van der Waals surface area contributed by atoms with Gasteiger partial charge in [0, 0.05) is 16.9 Å². The van der Waals surface area contributed by atoms with Crippen LogP contribution in [0.2, 0.25) is 0 Å². The number of nitrogens with zero attached hydrogens (tertiary/aromatic N) is 1. The van der Waals surface area contributed by atoms with Crippen molar-refractivity contribution < 1.29 is 28.7 Å². The number of methoxy groups -OCH3 is 1. The Morgan fingerprint density at radius 2 is 1.55 bits per heavy atom. The van der Waals surface area contributed by atoms with Crippen molar-refractivity contribution in [2.24, 2.45) is 0 Å². The van der Waals surface area contributed by atoms with Gasteiger partial charge in [-0.25, -0.2) is 9.69 Å². The van der Waals surface area contributed by atoms with Gasteiger partial charge in [0.1, 0.15) is 16.5 Å². The maximum Gasteiger partial charge on any atom is 0.337 e. The summed E-state index contributed by atoms with van der Waals surface area (Å²) in [5, 5.41) is 5.37. The summed E-state index contributed by atoms with van der Waals surface area (Å²) in [5.41, 5.74) is 1.66. The van der Waals surface area contributed by atoms with Crippen LogP contribution in [0, 0.1) is 0 Å². The van der Waals surface area contributed by atoms with E-state index in [4.69, 9.17) is 16.3 Å². The molecule has 10 heteroatoms. The maximum absolute atomic E-state index is 13.1. The fraction of sp³-hybridized carbons (Fsp3) is 0.143. The third-order valence-corrected chi connectivity index (χ3v) is 5.80. The van der Waals surface area contributed by atoms with Crippen LogP contribution < -0.4 is 20.3 Å². The van der Waals surface area contributed by atoms with E-state index in [2.05, 4.69) is 15.4 Å². The van der Waals surface area contributed by atoms with Gasteiger partial charge in [0.2, 0.25) is 0 Å². The molecule has 3 amide bonds. The molecule has 4 rings (SSSR count). The number of esters is 1. The molecule has 0 bridgehead atoms. The molecule has 0 saturated heterocycles. The lowest BCUT2D eigenvalue weighted by atomic mass is 10.1. The quantitative estimate of drug-likeness (QED) is 0.311. The van der Waals surface area contributed by atoms with Crippen LogP contribution in [-0.4, -0.2) is 36.9 Å². The zero-order chi connectivity index (χ0) is 27.4. The van der Waals surface area contributed by atoms with Crippen molar-refractivity contribution in [2.75, 3.05) is 22.6 Å². The molecule has 9 nitrogen and oxygen atoms in total. The highest BCUT2D eigenvalue weighted by Crippen LogP contribution is 2.30. The smallest absolute Gasteiger partial charge is 0.337 e. The second-order valence-electron chi connectivity index (χ2n) is 8.52. The molecule has 194 valence electrons. The molecule has 0 aromatic heterocycles. The van der Waals surface area contributed by atoms with Gasteiger partial charge in [-0.2, -0.15) is 0 Å². The monoisotopic (exact) mass is 533 g/mol. The molecule has 0 fully saturated rings. The summed E-state index contributed by atoms with van der Waals surface area (Å²) in [6, 6.07) is 19.2. The lowest BCUT2D eigenvalue weighted by molar-refractivity contribution is -0.120. The molecule has 0 spiro atoms. The number of hydrogen-bond donors (Lipinski definition) is 2. The highest BCUT2D eigenvalue weighted by molar-refractivity contribution is 6.53. The van der Waals surface area contributed by atoms with E-state index in [0.29, 0.717) is 22.7 Å². The predicted octanol–water partition coefficient (Wildman–Crippen LogP) is 4.95. The fourth-order valence-corrected chi connectivity index (χ4v) is 3.90. The average Bonchev–Trinajstić information content (AvgIpc) is 3.12. The molecule has 1 heterocycles. The lowest BCUT2D eigenvalue weighted by Crippen LogP contribution is -2.32. The second-order valence-corrected chi connectivity index (χ2v) is 8.90. The van der Waals surface area contributed by atoms with E-state index in [0.717, 1.165) is 4.90 Å². The molecule has 1 aliphatic rings. The van der Waals surface area contributed by atoms with E-state index in [9.17, 15) is 19.2 Å². The second kappa shape index (κ2) is 11.2. The van der Waals surface area contributed by atoms with Crippen molar-refractivity contribution in [3.63, 3.8) is 0 Å². The van der Waals surface area contributed by atoms with Crippen LogP contribution in [0.25, 0.3) is 0 Å². The fourth-order valence-electron chi connectivity index (χ4n) is 3.69. The zero-order valence-corrected chi connectivity index (χ0v) is 21.5. The summed E-state index contributed by atoms with van der Waals surface area (Å²) in [4.78, 5) is 51.2. The van der Waals surface area contributed by atoms with Gasteiger partial charge < -0.3 is 20.1 Å². The minimum absolute atomic E-state index is 0.0375. The number of rotatable bonds is 8. The van der Waals surface area contributed by atoms with Gasteiger partial charge >= 0.3 is 5.97 Å². The number of anilines is 3. The number of amides is 3. The van der Waals surface area contributed by atoms with E-state index in [1.807, 2.05) is 13.8 Å². The Bertz CT molecular complexity index is 1430. The predicted molar refractivity (Wildman–Crippen MR) is 143 cm³/mol. The molecule has 3 aromatic rings. The first-order chi connectivity index (χ1) is 18.2. The Morgan fingerprint density at radius 3 is 2.18 bits per heavy atom. The van der Waals surface area contributed by atoms with E-state index in [1.165, 1.54) is 37.4 Å². The average molecular weight is 534 g/mol. The summed E-state index contributed by atoms with van der Waals surface area (Å²) in [6.45, 7) is 3.85. The van der Waals surface area contributed by atoms with Gasteiger partial charge in [0.25, 0.3) is 17.7 Å². The number of halogens is 1. The minimum Gasteiger partial charge on any atom is -0.491 e. The third-order valence-electron chi connectivity index (χ3n) is 5.45. The van der Waals surface area contributed by atoms with Crippen LogP contribution in [0.3, 0.4) is 0 Å². The highest BCUT2D eigenvalue weighted by Gasteiger charge is 2.39. The molecular weight excluding hydrogens is 510 g/mol. The van der Waals surface area contributed by atoms with Crippen LogP contribution in [0.5, 0.6) is 5.75 Å². The summed E-state index contributed by atoms with van der Waals surface area (Å²) in [5.74, 6) is -1.62. The molecule has 0 unspecified atom stereocenters. The number of ether oxygens (including phenoxy) is 2. The standard InChI is InChI=1S/C28H24ClN3O6/c1-16(2)38-22-13-9-19(10-14-22)31-25(33)18-5-4-6-20(15-18)30-24-23(29)26(34)32(27(24)35)21-11-7-17(8-12-21)28(36)37-3/h4-16,30H,1-3H3,(H,31,33). The highest BCUT2D eigenvalue weighted by atomic mass is 35.5. The minimum atomic E-state index is -0.719. The summed E-state index contributed by atoms with van der Waals surface area (Å²) < 4.78 is 10.3. The van der Waals surface area contributed by atoms with Crippen LogP contribution in [0.15, 0.2) is 83.5 Å². The third kappa shape index (κ3) is 5.68. The molecule has 1 aliphatic heterocycles. The number of carbonyl (C=O) groups is 4. The summed E-state index contributed by atoms with van der Waals surface area (Å²) in [7, 11) is 1.25. The van der Waals surface area contributed by atoms with Crippen molar-refractivity contribution in [3.8, 4) is 5.75 Å². The van der Waals surface area contributed by atoms with Gasteiger partial charge in [0.15, 0.2) is 0 Å². The van der Waals surface area contributed by atoms with Crippen molar-refractivity contribution in [1.82, 2.24) is 0 Å². The number of imide groups is 1. The lowest BCUT2D eigenvalue weighted by Gasteiger charge is -2.15. The van der Waals surface area contributed by atoms with Gasteiger partial charge in [-0.15, -0.1) is 0 Å². The molecule has 38 heavy (non-hydrogen) atoms. The molecule has 0 saturated carbocycles. The van der Waals surface area contributed by atoms with Gasteiger partial charge in [-0.3, -0.25) is 14.4 Å². The van der Waals surface area contributed by atoms with Gasteiger partial charge in [0.05, 0.1) is 24.5 Å². The first-order valence-corrected chi connectivity index (χ1v) is 12.0. The number of nitrogens with one attached hydrogen (secondary N) is 2. The summed E-state index contributed by atoms with van der Waals surface area (Å²) >= 11 is 6.22. The molecule has 0 aliphatic carbocycles. The van der Waals surface area contributed by atoms with E-state index in [1.54, 1.807) is 42.5 Å². The van der Waals surface area contributed by atoms with E-state index in [-0.39, 0.29) is 34.0 Å². The van der Waals surface area contributed by atoms with Crippen LogP contribution in [-0.2, 0) is 14.3 Å². The Balaban J connectivity index is 1.47. The van der Waals surface area contributed by atoms with Crippen molar-refractivity contribution >= 4 is 52.4 Å². The first-order valence-electron chi connectivity index (χ1n) is 11.6. The van der Waals surface area contributed by atoms with Crippen LogP contribution >= 0.6 is 11.6 Å². The maximum atomic E-state index is 13.1. The molecule has 2 N–H and O–H groups in total. The van der Waals surface area contributed by atoms with Gasteiger partial charge in [-0.05, 0) is 80.6 Å². The van der Waals surface area contributed by atoms with Crippen molar-refractivity contribution in [3.05, 3.63) is 94.7 Å². The Hall–Kier alpha value is -4.63. The van der Waals surface area contributed by atoms with Crippen molar-refractivity contribution in [1.29, 1.82) is 0 Å². The molecule has 3 aromatic carbocycles. The van der Waals surface area contributed by atoms with Crippen LogP contribution in [0.1, 0.15) is 34.6 Å². The first kappa shape index (κ1) is 26.4. The largest absolute Gasteiger partial charge is 0.491 e. The molecule has 0 atom stereocenters. The summed E-state index contributed by atoms with van der Waals surface area (Å²) in [6.07, 6.45) is 0.0375. The van der Waals surface area contributed by atoms with Crippen LogP contribution in [0.4, 0.5) is 17.1 Å². The zero-order valence-electron chi connectivity index (χ0n) is 20.8. The number of hydrogen-bond acceptors (Lipinski definition) is 7. The Labute approximate surface area is 224 Å². The number of benzene rings is 3. The Kier molecular flexibility index (Phi) is 7.78. The normalized spacial score (nSPS) is 13.1. The Morgan fingerprint density at radius 1 is 0.868 bits per heavy atom. The molecular formula is C28H24ClN3O6. The SMILES string of the molecule is COC(=O)c1ccc(N2C(=O)C(Cl)=C(Nc3cccc(C(=O)Nc4ccc(OC(C)C)cc4)c3)C2=O)cc1.